The molecule has 0 aliphatic carbocycles. The lowest BCUT2D eigenvalue weighted by Crippen LogP contribution is -2.46. The van der Waals surface area contributed by atoms with E-state index >= 15 is 0 Å². The summed E-state index contributed by atoms with van der Waals surface area (Å²) in [6.45, 7) is 6.19. The van der Waals surface area contributed by atoms with Crippen LogP contribution in [0.2, 0.25) is 0 Å². The number of aliphatic imine (C=N–C) groups is 1. The number of para-hydroxylation sites is 1. The van der Waals surface area contributed by atoms with Crippen molar-refractivity contribution in [2.24, 2.45) is 16.5 Å². The third-order valence-corrected chi connectivity index (χ3v) is 3.42. The molecular formula is C14H23N5. The van der Waals surface area contributed by atoms with E-state index in [0.29, 0.717) is 0 Å². The van der Waals surface area contributed by atoms with Crippen LogP contribution in [0, 0.1) is 0 Å². The zero-order valence-electron chi connectivity index (χ0n) is 11.3. The Morgan fingerprint density at radius 1 is 1.05 bits per heavy atom. The van der Waals surface area contributed by atoms with Gasteiger partial charge in [0.25, 0.3) is 0 Å². The summed E-state index contributed by atoms with van der Waals surface area (Å²) in [5, 5.41) is 0. The highest BCUT2D eigenvalue weighted by atomic mass is 15.3. The largest absolute Gasteiger partial charge is 0.370 e. The van der Waals surface area contributed by atoms with Gasteiger partial charge in [0.05, 0.1) is 0 Å². The zero-order chi connectivity index (χ0) is 13.5. The van der Waals surface area contributed by atoms with E-state index in [1.165, 1.54) is 5.69 Å². The molecule has 1 saturated heterocycles. The van der Waals surface area contributed by atoms with Crippen molar-refractivity contribution in [2.45, 2.75) is 6.42 Å². The first-order valence-corrected chi connectivity index (χ1v) is 6.83. The summed E-state index contributed by atoms with van der Waals surface area (Å²) in [7, 11) is 0. The van der Waals surface area contributed by atoms with Crippen LogP contribution < -0.4 is 16.4 Å². The van der Waals surface area contributed by atoms with Gasteiger partial charge in [-0.05, 0) is 18.6 Å². The number of hydrogen-bond donors (Lipinski definition) is 2. The van der Waals surface area contributed by atoms with Crippen molar-refractivity contribution in [3.05, 3.63) is 30.3 Å². The Hall–Kier alpha value is -1.75. The quantitative estimate of drug-likeness (QED) is 0.459. The van der Waals surface area contributed by atoms with Crippen LogP contribution >= 0.6 is 0 Å². The smallest absolute Gasteiger partial charge is 0.185 e. The first kappa shape index (κ1) is 13.7. The zero-order valence-corrected chi connectivity index (χ0v) is 11.3. The van der Waals surface area contributed by atoms with E-state index in [9.17, 15) is 0 Å². The highest BCUT2D eigenvalue weighted by molar-refractivity contribution is 5.75. The first-order chi connectivity index (χ1) is 9.25. The Morgan fingerprint density at radius 2 is 1.74 bits per heavy atom. The molecule has 1 aliphatic rings. The highest BCUT2D eigenvalue weighted by Crippen LogP contribution is 2.15. The van der Waals surface area contributed by atoms with Crippen LogP contribution in [0.4, 0.5) is 5.69 Å². The number of anilines is 1. The third-order valence-electron chi connectivity index (χ3n) is 3.42. The topological polar surface area (TPSA) is 70.9 Å². The van der Waals surface area contributed by atoms with E-state index in [1.54, 1.807) is 0 Å². The van der Waals surface area contributed by atoms with Gasteiger partial charge in [-0.3, -0.25) is 9.89 Å². The summed E-state index contributed by atoms with van der Waals surface area (Å²) in [6.07, 6.45) is 1.02. The molecule has 1 heterocycles. The van der Waals surface area contributed by atoms with Crippen LogP contribution in [-0.4, -0.2) is 50.1 Å². The van der Waals surface area contributed by atoms with Gasteiger partial charge in [0.15, 0.2) is 5.96 Å². The van der Waals surface area contributed by atoms with Crippen molar-refractivity contribution in [1.82, 2.24) is 4.90 Å². The monoisotopic (exact) mass is 261 g/mol. The second-order valence-corrected chi connectivity index (χ2v) is 4.82. The molecule has 1 aromatic carbocycles. The molecule has 5 nitrogen and oxygen atoms in total. The van der Waals surface area contributed by atoms with Crippen molar-refractivity contribution in [3.8, 4) is 0 Å². The molecule has 0 spiro atoms. The Morgan fingerprint density at radius 3 is 2.37 bits per heavy atom. The number of rotatable bonds is 5. The van der Waals surface area contributed by atoms with Gasteiger partial charge < -0.3 is 16.4 Å². The molecule has 2 rings (SSSR count). The lowest BCUT2D eigenvalue weighted by molar-refractivity contribution is 0.256. The molecule has 1 aromatic rings. The summed E-state index contributed by atoms with van der Waals surface area (Å²) in [5.41, 5.74) is 11.9. The lowest BCUT2D eigenvalue weighted by atomic mass is 10.2. The summed E-state index contributed by atoms with van der Waals surface area (Å²) >= 11 is 0. The minimum absolute atomic E-state index is 0.189. The average molecular weight is 261 g/mol. The number of nitrogens with two attached hydrogens (primary N) is 2. The average Bonchev–Trinajstić information content (AvgIpc) is 2.45. The molecule has 0 saturated carbocycles. The Labute approximate surface area is 114 Å². The minimum atomic E-state index is 0.189. The standard InChI is InChI=1S/C14H23N5/c15-14(16)17-7-4-8-18-9-11-19(12-10-18)13-5-2-1-3-6-13/h1-3,5-6H,4,7-12H2,(H4,15,16,17). The fraction of sp³-hybridized carbons (Fsp3) is 0.500. The van der Waals surface area contributed by atoms with Crippen LogP contribution in [0.5, 0.6) is 0 Å². The first-order valence-electron chi connectivity index (χ1n) is 6.83. The van der Waals surface area contributed by atoms with E-state index in [-0.39, 0.29) is 5.96 Å². The Balaban J connectivity index is 1.69. The molecule has 5 heteroatoms. The molecule has 1 aliphatic heterocycles. The van der Waals surface area contributed by atoms with Gasteiger partial charge in [0.1, 0.15) is 0 Å². The summed E-state index contributed by atoms with van der Waals surface area (Å²) in [4.78, 5) is 8.92. The van der Waals surface area contributed by atoms with Crippen LogP contribution in [-0.2, 0) is 0 Å². The van der Waals surface area contributed by atoms with Crippen molar-refractivity contribution >= 4 is 11.6 Å². The summed E-state index contributed by atoms with van der Waals surface area (Å²) < 4.78 is 0. The fourth-order valence-electron chi connectivity index (χ4n) is 2.37. The van der Waals surface area contributed by atoms with Gasteiger partial charge in [-0.2, -0.15) is 0 Å². The van der Waals surface area contributed by atoms with E-state index in [0.717, 1.165) is 45.7 Å². The Bertz CT molecular complexity index is 392. The molecule has 0 unspecified atom stereocenters. The van der Waals surface area contributed by atoms with Gasteiger partial charge in [0, 0.05) is 45.0 Å². The molecule has 0 atom stereocenters. The molecule has 0 bridgehead atoms. The third kappa shape index (κ3) is 4.44. The van der Waals surface area contributed by atoms with E-state index in [2.05, 4.69) is 45.1 Å². The summed E-state index contributed by atoms with van der Waals surface area (Å²) in [5.74, 6) is 0.189. The second-order valence-electron chi connectivity index (χ2n) is 4.82. The number of benzene rings is 1. The van der Waals surface area contributed by atoms with Crippen molar-refractivity contribution in [2.75, 3.05) is 44.2 Å². The SMILES string of the molecule is NC(N)=NCCCN1CCN(c2ccccc2)CC1. The maximum atomic E-state index is 5.30. The second kappa shape index (κ2) is 6.99. The normalized spacial score (nSPS) is 16.3. The molecule has 19 heavy (non-hydrogen) atoms. The van der Waals surface area contributed by atoms with Gasteiger partial charge in [-0.1, -0.05) is 18.2 Å². The van der Waals surface area contributed by atoms with Gasteiger partial charge >= 0.3 is 0 Å². The number of nitrogens with zero attached hydrogens (tertiary/aromatic N) is 3. The minimum Gasteiger partial charge on any atom is -0.370 e. The maximum absolute atomic E-state index is 5.30. The molecule has 104 valence electrons. The summed E-state index contributed by atoms with van der Waals surface area (Å²) in [6, 6.07) is 10.6. The number of piperazine rings is 1. The molecular weight excluding hydrogens is 238 g/mol. The van der Waals surface area contributed by atoms with Gasteiger partial charge in [-0.25, -0.2) is 0 Å². The van der Waals surface area contributed by atoms with E-state index < -0.39 is 0 Å². The molecule has 0 amide bonds. The highest BCUT2D eigenvalue weighted by Gasteiger charge is 2.16. The predicted molar refractivity (Wildman–Crippen MR) is 80.4 cm³/mol. The van der Waals surface area contributed by atoms with Crippen molar-refractivity contribution in [1.29, 1.82) is 0 Å². The predicted octanol–water partition coefficient (Wildman–Crippen LogP) is 0.472. The fourth-order valence-corrected chi connectivity index (χ4v) is 2.37. The molecule has 4 N–H and O–H groups in total. The van der Waals surface area contributed by atoms with Crippen LogP contribution in [0.1, 0.15) is 6.42 Å². The molecule has 0 aromatic heterocycles. The van der Waals surface area contributed by atoms with Crippen molar-refractivity contribution < 1.29 is 0 Å². The van der Waals surface area contributed by atoms with E-state index in [1.807, 2.05) is 0 Å². The van der Waals surface area contributed by atoms with Crippen LogP contribution in [0.15, 0.2) is 35.3 Å². The molecule has 1 fully saturated rings. The number of hydrogen-bond acceptors (Lipinski definition) is 3. The van der Waals surface area contributed by atoms with Crippen LogP contribution in [0.3, 0.4) is 0 Å². The van der Waals surface area contributed by atoms with Crippen LogP contribution in [0.25, 0.3) is 0 Å². The molecule has 0 radical (unpaired) electrons. The lowest BCUT2D eigenvalue weighted by Gasteiger charge is -2.36. The van der Waals surface area contributed by atoms with E-state index in [4.69, 9.17) is 11.5 Å². The van der Waals surface area contributed by atoms with Gasteiger partial charge in [0.2, 0.25) is 0 Å². The van der Waals surface area contributed by atoms with Gasteiger partial charge in [-0.15, -0.1) is 0 Å². The Kier molecular flexibility index (Phi) is 5.03. The number of guanidine groups is 1. The van der Waals surface area contributed by atoms with Crippen molar-refractivity contribution in [3.63, 3.8) is 0 Å². The maximum Gasteiger partial charge on any atom is 0.185 e.